The van der Waals surface area contributed by atoms with Crippen molar-refractivity contribution in [3.05, 3.63) is 72.3 Å². The van der Waals surface area contributed by atoms with E-state index in [-0.39, 0.29) is 6.61 Å². The third-order valence-electron chi connectivity index (χ3n) is 6.28. The zero-order valence-electron chi connectivity index (χ0n) is 18.1. The zero-order valence-corrected chi connectivity index (χ0v) is 18.1. The van der Waals surface area contributed by atoms with Gasteiger partial charge in [0.1, 0.15) is 18.0 Å². The Balaban J connectivity index is 1.26. The number of benzene rings is 2. The molecule has 2 atom stereocenters. The Bertz CT molecular complexity index is 1130. The summed E-state index contributed by atoms with van der Waals surface area (Å²) in [6, 6.07) is 16.4. The van der Waals surface area contributed by atoms with Crippen LogP contribution in [0.2, 0.25) is 0 Å². The molecule has 2 aliphatic heterocycles. The van der Waals surface area contributed by atoms with E-state index in [1.165, 1.54) is 11.3 Å². The molecule has 1 aromatic heterocycles. The molecule has 6 nitrogen and oxygen atoms in total. The lowest BCUT2D eigenvalue weighted by Crippen LogP contribution is -2.66. The molecule has 2 fully saturated rings. The third-order valence-corrected chi connectivity index (χ3v) is 6.28. The predicted molar refractivity (Wildman–Crippen MR) is 123 cm³/mol. The van der Waals surface area contributed by atoms with E-state index in [0.717, 1.165) is 37.4 Å². The number of hydrogen-bond donors (Lipinski definition) is 2. The summed E-state index contributed by atoms with van der Waals surface area (Å²) in [5.41, 5.74) is 4.86. The Morgan fingerprint density at radius 3 is 2.28 bits per heavy atom. The van der Waals surface area contributed by atoms with Crippen LogP contribution in [-0.2, 0) is 4.74 Å². The van der Waals surface area contributed by atoms with Gasteiger partial charge < -0.3 is 24.4 Å². The molecule has 2 saturated heterocycles. The first-order valence-electron chi connectivity index (χ1n) is 10.9. The molecule has 2 N–H and O–H groups in total. The first-order valence-corrected chi connectivity index (χ1v) is 10.9. The van der Waals surface area contributed by atoms with Gasteiger partial charge in [-0.25, -0.2) is 4.98 Å². The highest BCUT2D eigenvalue weighted by molar-refractivity contribution is 5.67. The van der Waals surface area contributed by atoms with Crippen LogP contribution in [0.25, 0.3) is 11.1 Å². The average Bonchev–Trinajstić information content (AvgIpc) is 3.23. The van der Waals surface area contributed by atoms with Crippen molar-refractivity contribution < 1.29 is 14.9 Å². The van der Waals surface area contributed by atoms with Crippen molar-refractivity contribution >= 4 is 5.69 Å². The second-order valence-electron chi connectivity index (χ2n) is 8.81. The summed E-state index contributed by atoms with van der Waals surface area (Å²) in [5, 5.41) is 19.6. The standard InChI is InChI=1S/C26H27N3O3/c1-19(31)25-27-12-13-29(25)24(14-30)9-4-20-2-5-21(6-3-20)22-7-10-23(11-8-22)28-15-26(16-28)17-32-18-26/h2-3,5-8,10-13,19,24,30-31H,14-18H2,1H3/t19-,24-/m0/s1. The van der Waals surface area contributed by atoms with E-state index >= 15 is 0 Å². The summed E-state index contributed by atoms with van der Waals surface area (Å²) < 4.78 is 7.07. The quantitative estimate of drug-likeness (QED) is 0.610. The van der Waals surface area contributed by atoms with E-state index in [1.54, 1.807) is 23.9 Å². The minimum Gasteiger partial charge on any atom is -0.393 e. The number of rotatable bonds is 5. The Morgan fingerprint density at radius 1 is 1.06 bits per heavy atom. The van der Waals surface area contributed by atoms with Crippen LogP contribution < -0.4 is 4.90 Å². The molecule has 164 valence electrons. The zero-order chi connectivity index (χ0) is 22.1. The molecule has 0 aliphatic carbocycles. The lowest BCUT2D eigenvalue weighted by molar-refractivity contribution is -0.127. The fourth-order valence-electron chi connectivity index (χ4n) is 4.41. The number of nitrogens with zero attached hydrogens (tertiary/aromatic N) is 3. The van der Waals surface area contributed by atoms with Crippen LogP contribution in [0.15, 0.2) is 60.9 Å². The predicted octanol–water partition coefficient (Wildman–Crippen LogP) is 3.03. The van der Waals surface area contributed by atoms with Crippen LogP contribution in [0, 0.1) is 17.3 Å². The Morgan fingerprint density at radius 2 is 1.72 bits per heavy atom. The SMILES string of the molecule is C[C@H](O)c1nccn1[C@@H](C#Cc1ccc(-c2ccc(N3CC4(COC4)C3)cc2)cc1)CO. The van der Waals surface area contributed by atoms with Crippen LogP contribution in [0.3, 0.4) is 0 Å². The Kier molecular flexibility index (Phi) is 5.48. The molecule has 0 unspecified atom stereocenters. The van der Waals surface area contributed by atoms with E-state index in [2.05, 4.69) is 58.1 Å². The van der Waals surface area contributed by atoms with Crippen LogP contribution in [-0.4, -0.2) is 52.7 Å². The number of aliphatic hydroxyl groups is 2. The number of aromatic nitrogens is 2. The minimum atomic E-state index is -0.721. The highest BCUT2D eigenvalue weighted by atomic mass is 16.5. The maximum Gasteiger partial charge on any atom is 0.138 e. The minimum absolute atomic E-state index is 0.154. The smallest absolute Gasteiger partial charge is 0.138 e. The van der Waals surface area contributed by atoms with Gasteiger partial charge >= 0.3 is 0 Å². The molecule has 0 saturated carbocycles. The summed E-state index contributed by atoms with van der Waals surface area (Å²) in [5.74, 6) is 6.71. The van der Waals surface area contributed by atoms with Gasteiger partial charge in [0.05, 0.1) is 25.2 Å². The number of aliphatic hydroxyl groups excluding tert-OH is 2. The Hall–Kier alpha value is -3.11. The van der Waals surface area contributed by atoms with Crippen molar-refractivity contribution in [3.8, 4) is 23.0 Å². The highest BCUT2D eigenvalue weighted by Crippen LogP contribution is 2.40. The second kappa shape index (κ2) is 8.44. The van der Waals surface area contributed by atoms with Gasteiger partial charge in [0.25, 0.3) is 0 Å². The number of ether oxygens (including phenoxy) is 1. The molecule has 32 heavy (non-hydrogen) atoms. The fourth-order valence-corrected chi connectivity index (χ4v) is 4.41. The van der Waals surface area contributed by atoms with Crippen LogP contribution in [0.4, 0.5) is 5.69 Å². The lowest BCUT2D eigenvalue weighted by Gasteiger charge is -2.56. The van der Waals surface area contributed by atoms with E-state index in [1.807, 2.05) is 12.1 Å². The summed E-state index contributed by atoms with van der Waals surface area (Å²) >= 11 is 0. The molecule has 2 aromatic carbocycles. The van der Waals surface area contributed by atoms with Gasteiger partial charge in [-0.2, -0.15) is 0 Å². The molecule has 6 heteroatoms. The number of hydrogen-bond acceptors (Lipinski definition) is 5. The maximum absolute atomic E-state index is 9.84. The van der Waals surface area contributed by atoms with Crippen LogP contribution in [0.5, 0.6) is 0 Å². The summed E-state index contributed by atoms with van der Waals surface area (Å²) in [4.78, 5) is 6.56. The average molecular weight is 430 g/mol. The maximum atomic E-state index is 9.84. The monoisotopic (exact) mass is 429 g/mol. The van der Waals surface area contributed by atoms with Gasteiger partial charge in [-0.3, -0.25) is 0 Å². The van der Waals surface area contributed by atoms with Gasteiger partial charge in [0, 0.05) is 36.7 Å². The van der Waals surface area contributed by atoms with Gasteiger partial charge in [-0.15, -0.1) is 0 Å². The van der Waals surface area contributed by atoms with Crippen molar-refractivity contribution in [1.29, 1.82) is 0 Å². The summed E-state index contributed by atoms with van der Waals surface area (Å²) in [6.07, 6.45) is 2.61. The second-order valence-corrected chi connectivity index (χ2v) is 8.81. The summed E-state index contributed by atoms with van der Waals surface area (Å²) in [6.45, 7) is 5.48. The van der Waals surface area contributed by atoms with Gasteiger partial charge in [-0.05, 0) is 42.3 Å². The highest BCUT2D eigenvalue weighted by Gasteiger charge is 2.48. The normalized spacial score (nSPS) is 18.3. The van der Waals surface area contributed by atoms with E-state index in [9.17, 15) is 10.2 Å². The molecule has 0 radical (unpaired) electrons. The molecule has 2 aliphatic rings. The van der Waals surface area contributed by atoms with Gasteiger partial charge in [0.15, 0.2) is 0 Å². The van der Waals surface area contributed by atoms with Crippen molar-refractivity contribution in [2.24, 2.45) is 5.41 Å². The van der Waals surface area contributed by atoms with E-state index < -0.39 is 12.1 Å². The van der Waals surface area contributed by atoms with Crippen molar-refractivity contribution in [3.63, 3.8) is 0 Å². The van der Waals surface area contributed by atoms with Crippen molar-refractivity contribution in [1.82, 2.24) is 9.55 Å². The molecule has 0 bridgehead atoms. The van der Waals surface area contributed by atoms with Gasteiger partial charge in [-0.1, -0.05) is 36.1 Å². The van der Waals surface area contributed by atoms with Gasteiger partial charge in [0.2, 0.25) is 0 Å². The number of anilines is 1. The first-order chi connectivity index (χ1) is 15.6. The van der Waals surface area contributed by atoms with E-state index in [4.69, 9.17) is 4.74 Å². The van der Waals surface area contributed by atoms with E-state index in [0.29, 0.717) is 11.2 Å². The molecule has 1 spiro atoms. The number of imidazole rings is 1. The summed E-state index contributed by atoms with van der Waals surface area (Å²) in [7, 11) is 0. The molecule has 3 aromatic rings. The van der Waals surface area contributed by atoms with Crippen molar-refractivity contribution in [2.75, 3.05) is 37.8 Å². The molecule has 5 rings (SSSR count). The van der Waals surface area contributed by atoms with Crippen LogP contribution in [0.1, 0.15) is 30.5 Å². The molecule has 0 amide bonds. The lowest BCUT2D eigenvalue weighted by atomic mass is 9.78. The fraction of sp³-hybridized carbons (Fsp3) is 0.346. The molecular weight excluding hydrogens is 402 g/mol. The van der Waals surface area contributed by atoms with Crippen LogP contribution >= 0.6 is 0 Å². The Labute approximate surface area is 188 Å². The first kappa shape index (κ1) is 20.8. The largest absolute Gasteiger partial charge is 0.393 e. The topological polar surface area (TPSA) is 70.8 Å². The van der Waals surface area contributed by atoms with Crippen molar-refractivity contribution in [2.45, 2.75) is 19.1 Å². The molecule has 3 heterocycles. The molecular formula is C26H27N3O3. The third kappa shape index (κ3) is 3.91.